The Bertz CT molecular complexity index is 1490. The highest BCUT2D eigenvalue weighted by Gasteiger charge is 2.32. The third-order valence-electron chi connectivity index (χ3n) is 6.72. The molecule has 0 amide bonds. The highest BCUT2D eigenvalue weighted by atomic mass is 32.1. The van der Waals surface area contributed by atoms with Gasteiger partial charge in [-0.05, 0) is 54.1 Å². The van der Waals surface area contributed by atoms with Crippen molar-refractivity contribution in [2.75, 3.05) is 45.3 Å². The molecule has 4 heterocycles. The number of aromatic nitrogens is 3. The van der Waals surface area contributed by atoms with Gasteiger partial charge in [-0.2, -0.15) is 9.50 Å². The Hall–Kier alpha value is -4.02. The van der Waals surface area contributed by atoms with Crippen LogP contribution >= 0.6 is 11.3 Å². The molecule has 0 radical (unpaired) electrons. The lowest BCUT2D eigenvalue weighted by Gasteiger charge is -2.40. The second-order valence-corrected chi connectivity index (χ2v) is 9.81. The van der Waals surface area contributed by atoms with Crippen molar-refractivity contribution in [3.05, 3.63) is 77.4 Å². The van der Waals surface area contributed by atoms with Crippen LogP contribution in [-0.2, 0) is 0 Å². The number of furan rings is 1. The van der Waals surface area contributed by atoms with Crippen molar-refractivity contribution in [3.8, 4) is 29.0 Å². The molecular weight excluding hydrogens is 490 g/mol. The maximum absolute atomic E-state index is 11.3. The normalized spacial score (nSPS) is 15.2. The summed E-state index contributed by atoms with van der Waals surface area (Å²) in [5, 5.41) is 15.8. The van der Waals surface area contributed by atoms with Crippen LogP contribution in [0.1, 0.15) is 16.5 Å². The molecule has 10 heteroatoms. The van der Waals surface area contributed by atoms with Crippen molar-refractivity contribution in [1.29, 1.82) is 0 Å². The van der Waals surface area contributed by atoms with Gasteiger partial charge in [-0.15, -0.1) is 5.10 Å². The van der Waals surface area contributed by atoms with Crippen LogP contribution in [-0.4, -0.2) is 65.0 Å². The van der Waals surface area contributed by atoms with Gasteiger partial charge in [0.1, 0.15) is 11.5 Å². The molecule has 0 aliphatic carbocycles. The fourth-order valence-electron chi connectivity index (χ4n) is 4.81. The number of hydrogen-bond donors (Lipinski definition) is 1. The monoisotopic (exact) mass is 517 g/mol. The molecule has 1 saturated heterocycles. The van der Waals surface area contributed by atoms with Crippen molar-refractivity contribution in [3.63, 3.8) is 0 Å². The second-order valence-electron chi connectivity index (χ2n) is 8.80. The van der Waals surface area contributed by atoms with Gasteiger partial charge in [-0.1, -0.05) is 23.5 Å². The minimum atomic E-state index is -0.173. The van der Waals surface area contributed by atoms with Crippen LogP contribution < -0.4 is 14.4 Å². The van der Waals surface area contributed by atoms with E-state index in [-0.39, 0.29) is 11.9 Å². The molecule has 1 N–H and O–H groups in total. The number of benzene rings is 2. The molecule has 190 valence electrons. The summed E-state index contributed by atoms with van der Waals surface area (Å²) in [6, 6.07) is 19.6. The van der Waals surface area contributed by atoms with Gasteiger partial charge in [0.2, 0.25) is 16.7 Å². The molecule has 1 atom stereocenters. The topological polar surface area (TPSA) is 88.5 Å². The van der Waals surface area contributed by atoms with E-state index in [1.807, 2.05) is 30.3 Å². The molecule has 1 aliphatic rings. The predicted molar refractivity (Wildman–Crippen MR) is 142 cm³/mol. The van der Waals surface area contributed by atoms with E-state index < -0.39 is 0 Å². The average molecular weight is 518 g/mol. The molecular formula is C27H27N5O4S. The van der Waals surface area contributed by atoms with E-state index in [9.17, 15) is 5.11 Å². The third-order valence-corrected chi connectivity index (χ3v) is 7.79. The van der Waals surface area contributed by atoms with Gasteiger partial charge in [-0.25, -0.2) is 0 Å². The summed E-state index contributed by atoms with van der Waals surface area (Å²) < 4.78 is 17.8. The van der Waals surface area contributed by atoms with Gasteiger partial charge in [0.25, 0.3) is 0 Å². The van der Waals surface area contributed by atoms with E-state index >= 15 is 0 Å². The standard InChI is InChI=1S/C27H27N5O4S/c1-34-20-10-8-19(9-11-20)30-12-14-31(15-13-30)23(18-5-3-6-21(17-18)35-2)24-26(33)32-27(37-24)28-25(29-32)22-7-4-16-36-22/h3-11,16-17,23,33H,12-15H2,1-2H3/t23-/m1/s1. The van der Waals surface area contributed by atoms with Crippen LogP contribution in [0.5, 0.6) is 17.4 Å². The van der Waals surface area contributed by atoms with Gasteiger partial charge in [0.15, 0.2) is 5.76 Å². The Labute approximate surface area is 218 Å². The average Bonchev–Trinajstić information content (AvgIpc) is 3.69. The fraction of sp³-hybridized carbons (Fsp3) is 0.259. The zero-order valence-electron chi connectivity index (χ0n) is 20.6. The quantitative estimate of drug-likeness (QED) is 0.333. The molecule has 1 aliphatic heterocycles. The Kier molecular flexibility index (Phi) is 6.19. The van der Waals surface area contributed by atoms with Crippen LogP contribution in [0, 0.1) is 0 Å². The van der Waals surface area contributed by atoms with Gasteiger partial charge >= 0.3 is 0 Å². The number of aromatic hydroxyl groups is 1. The highest BCUT2D eigenvalue weighted by molar-refractivity contribution is 7.17. The van der Waals surface area contributed by atoms with Crippen LogP contribution in [0.3, 0.4) is 0 Å². The lowest BCUT2D eigenvalue weighted by molar-refractivity contribution is 0.211. The summed E-state index contributed by atoms with van der Waals surface area (Å²) in [7, 11) is 3.34. The molecule has 6 rings (SSSR count). The minimum Gasteiger partial charge on any atom is -0.497 e. The number of rotatable bonds is 7. The molecule has 5 aromatic rings. The number of piperazine rings is 1. The van der Waals surface area contributed by atoms with Gasteiger partial charge in [0, 0.05) is 31.9 Å². The number of hydrogen-bond acceptors (Lipinski definition) is 9. The molecule has 1 fully saturated rings. The summed E-state index contributed by atoms with van der Waals surface area (Å²) in [6.07, 6.45) is 1.58. The Morgan fingerprint density at radius 3 is 2.41 bits per heavy atom. The van der Waals surface area contributed by atoms with Gasteiger partial charge < -0.3 is 23.9 Å². The van der Waals surface area contributed by atoms with Crippen LogP contribution in [0.4, 0.5) is 5.69 Å². The predicted octanol–water partition coefficient (Wildman–Crippen LogP) is 4.69. The number of fused-ring (bicyclic) bond motifs is 1. The van der Waals surface area contributed by atoms with Crippen molar-refractivity contribution < 1.29 is 19.0 Å². The van der Waals surface area contributed by atoms with Crippen LogP contribution in [0.2, 0.25) is 0 Å². The summed E-state index contributed by atoms with van der Waals surface area (Å²) in [4.78, 5) is 10.8. The molecule has 0 spiro atoms. The first kappa shape index (κ1) is 23.4. The molecule has 0 unspecified atom stereocenters. The number of thiazole rings is 1. The summed E-state index contributed by atoms with van der Waals surface area (Å²) in [6.45, 7) is 3.35. The first-order valence-electron chi connectivity index (χ1n) is 12.0. The summed E-state index contributed by atoms with van der Waals surface area (Å²) in [5.41, 5.74) is 2.22. The number of anilines is 1. The maximum atomic E-state index is 11.3. The van der Waals surface area contributed by atoms with E-state index in [1.165, 1.54) is 21.5 Å². The van der Waals surface area contributed by atoms with E-state index in [4.69, 9.17) is 13.9 Å². The van der Waals surface area contributed by atoms with Gasteiger partial charge in [-0.3, -0.25) is 4.90 Å². The molecule has 37 heavy (non-hydrogen) atoms. The Morgan fingerprint density at radius 2 is 1.73 bits per heavy atom. The summed E-state index contributed by atoms with van der Waals surface area (Å²) >= 11 is 1.44. The number of nitrogens with zero attached hydrogens (tertiary/aromatic N) is 5. The molecule has 0 saturated carbocycles. The van der Waals surface area contributed by atoms with E-state index in [0.717, 1.165) is 48.1 Å². The fourth-order valence-corrected chi connectivity index (χ4v) is 5.93. The number of ether oxygens (including phenoxy) is 2. The third kappa shape index (κ3) is 4.38. The van der Waals surface area contributed by atoms with Crippen molar-refractivity contribution in [1.82, 2.24) is 19.5 Å². The molecule has 2 aromatic carbocycles. The molecule has 9 nitrogen and oxygen atoms in total. The smallest absolute Gasteiger partial charge is 0.230 e. The van der Waals surface area contributed by atoms with E-state index in [1.54, 1.807) is 32.6 Å². The van der Waals surface area contributed by atoms with Crippen molar-refractivity contribution >= 4 is 22.0 Å². The largest absolute Gasteiger partial charge is 0.497 e. The lowest BCUT2D eigenvalue weighted by Crippen LogP contribution is -2.47. The van der Waals surface area contributed by atoms with Gasteiger partial charge in [0.05, 0.1) is 31.4 Å². The first-order chi connectivity index (χ1) is 18.1. The Morgan fingerprint density at radius 1 is 0.946 bits per heavy atom. The van der Waals surface area contributed by atoms with E-state index in [2.05, 4.69) is 38.1 Å². The molecule has 3 aromatic heterocycles. The maximum Gasteiger partial charge on any atom is 0.230 e. The Balaban J connectivity index is 1.32. The highest BCUT2D eigenvalue weighted by Crippen LogP contribution is 2.41. The molecule has 0 bridgehead atoms. The second kappa shape index (κ2) is 9.79. The number of methoxy groups -OCH3 is 2. The summed E-state index contributed by atoms with van der Waals surface area (Å²) in [5.74, 6) is 2.73. The minimum absolute atomic E-state index is 0.0933. The lowest BCUT2D eigenvalue weighted by atomic mass is 10.0. The van der Waals surface area contributed by atoms with Crippen LogP contribution in [0.25, 0.3) is 16.5 Å². The van der Waals surface area contributed by atoms with Crippen LogP contribution in [0.15, 0.2) is 71.3 Å². The SMILES string of the molecule is COc1ccc(N2CCN([C@H](c3cccc(OC)c3)c3sc4nc(-c5ccco5)nn4c3O)CC2)cc1. The van der Waals surface area contributed by atoms with Crippen molar-refractivity contribution in [2.24, 2.45) is 0 Å². The zero-order valence-corrected chi connectivity index (χ0v) is 21.4. The van der Waals surface area contributed by atoms with E-state index in [0.29, 0.717) is 16.5 Å². The van der Waals surface area contributed by atoms with Crippen molar-refractivity contribution in [2.45, 2.75) is 6.04 Å². The first-order valence-corrected chi connectivity index (χ1v) is 12.9. The zero-order chi connectivity index (χ0) is 25.4.